The third-order valence-corrected chi connectivity index (χ3v) is 3.54. The van der Waals surface area contributed by atoms with E-state index in [1.54, 1.807) is 7.11 Å². The van der Waals surface area contributed by atoms with Crippen molar-refractivity contribution in [3.8, 4) is 5.75 Å². The summed E-state index contributed by atoms with van der Waals surface area (Å²) < 4.78 is 9.74. The number of para-hydroxylation sites is 1. The molecule has 0 bridgehead atoms. The fourth-order valence-electron chi connectivity index (χ4n) is 2.01. The Morgan fingerprint density at radius 2 is 1.55 bits per heavy atom. The number of rotatable bonds is 5. The minimum Gasteiger partial charge on any atom is -0.497 e. The Kier molecular flexibility index (Phi) is 12.0. The summed E-state index contributed by atoms with van der Waals surface area (Å²) in [7, 11) is 1.66. The van der Waals surface area contributed by atoms with Crippen molar-refractivity contribution in [1.82, 2.24) is 0 Å². The fraction of sp³-hybridized carbons (Fsp3) is 0.333. The Hall–Kier alpha value is -2.92. The predicted octanol–water partition coefficient (Wildman–Crippen LogP) is 5.15. The highest BCUT2D eigenvalue weighted by atomic mass is 16.6. The van der Waals surface area contributed by atoms with E-state index in [4.69, 9.17) is 9.47 Å². The summed E-state index contributed by atoms with van der Waals surface area (Å²) in [4.78, 5) is 14.2. The van der Waals surface area contributed by atoms with E-state index >= 15 is 0 Å². The van der Waals surface area contributed by atoms with E-state index in [9.17, 15) is 9.90 Å². The van der Waals surface area contributed by atoms with E-state index < -0.39 is 11.3 Å². The van der Waals surface area contributed by atoms with Gasteiger partial charge in [-0.05, 0) is 46.0 Å². The Morgan fingerprint density at radius 1 is 1.07 bits per heavy atom. The number of methoxy groups -OCH3 is 1. The molecule has 5 nitrogen and oxygen atoms in total. The van der Waals surface area contributed by atoms with Crippen LogP contribution in [0, 0.1) is 0 Å². The summed E-state index contributed by atoms with van der Waals surface area (Å²) >= 11 is 0. The summed E-state index contributed by atoms with van der Waals surface area (Å²) in [6, 6.07) is 19.0. The molecule has 5 heteroatoms. The van der Waals surface area contributed by atoms with Crippen LogP contribution in [0.5, 0.6) is 5.75 Å². The minimum absolute atomic E-state index is 0.373. The van der Waals surface area contributed by atoms with Crippen molar-refractivity contribution >= 4 is 12.7 Å². The van der Waals surface area contributed by atoms with Crippen molar-refractivity contribution in [3.63, 3.8) is 0 Å². The number of hydrogen-bond acceptors (Lipinski definition) is 5. The lowest BCUT2D eigenvalue weighted by Gasteiger charge is -2.21. The zero-order valence-corrected chi connectivity index (χ0v) is 18.1. The van der Waals surface area contributed by atoms with Crippen LogP contribution in [0.1, 0.15) is 39.7 Å². The topological polar surface area (TPSA) is 68.1 Å². The number of esters is 1. The molecule has 1 unspecified atom stereocenters. The monoisotopic (exact) mass is 399 g/mol. The molecule has 0 aliphatic rings. The van der Waals surface area contributed by atoms with Crippen molar-refractivity contribution in [1.29, 1.82) is 0 Å². The van der Waals surface area contributed by atoms with Crippen LogP contribution in [-0.4, -0.2) is 30.5 Å². The Balaban J connectivity index is 0.000000416. The van der Waals surface area contributed by atoms with E-state index in [-0.39, 0.29) is 5.97 Å². The number of carbonyl (C=O) groups excluding carboxylic acids is 1. The highest BCUT2D eigenvalue weighted by Crippen LogP contribution is 2.24. The molecule has 0 aliphatic heterocycles. The summed E-state index contributed by atoms with van der Waals surface area (Å²) in [5, 5.41) is 9.87. The summed E-state index contributed by atoms with van der Waals surface area (Å²) in [6.45, 7) is 14.0. The van der Waals surface area contributed by atoms with Gasteiger partial charge in [-0.2, -0.15) is 0 Å². The number of benzene rings is 2. The van der Waals surface area contributed by atoms with Gasteiger partial charge in [-0.1, -0.05) is 62.0 Å². The molecule has 0 aliphatic carbocycles. The van der Waals surface area contributed by atoms with Crippen LogP contribution >= 0.6 is 0 Å². The molecule has 0 radical (unpaired) electrons. The van der Waals surface area contributed by atoms with Gasteiger partial charge in [-0.25, -0.2) is 4.79 Å². The highest BCUT2D eigenvalue weighted by Gasteiger charge is 2.23. The first kappa shape index (κ1) is 26.1. The lowest BCUT2D eigenvalue weighted by atomic mass is 10.0. The maximum absolute atomic E-state index is 10.5. The third-order valence-electron chi connectivity index (χ3n) is 3.54. The quantitative estimate of drug-likeness (QED) is 0.429. The van der Waals surface area contributed by atoms with Gasteiger partial charge in [0.15, 0.2) is 5.72 Å². The molecule has 0 saturated heterocycles. The van der Waals surface area contributed by atoms with E-state index in [1.165, 1.54) is 0 Å². The van der Waals surface area contributed by atoms with Gasteiger partial charge in [0.25, 0.3) is 0 Å². The normalized spacial score (nSPS) is 11.9. The van der Waals surface area contributed by atoms with Crippen LogP contribution in [0.25, 0.3) is 0 Å². The lowest BCUT2D eigenvalue weighted by molar-refractivity contribution is -0.148. The van der Waals surface area contributed by atoms with Gasteiger partial charge in [0.1, 0.15) is 11.4 Å². The standard InChI is InChI=1S/C10H13NO.C7H12O2.C7H8O/c1-3-10(12,11-2)9-7-5-4-6-8-9;1-5-6(8)9-7(2,3)4;1-8-7-5-3-2-4-6-7/h4-8,12H,2-3H2,1H3;5H,1H2,2-4H3;2-6H,1H3. The number of ether oxygens (including phenoxy) is 2. The van der Waals surface area contributed by atoms with Crippen LogP contribution < -0.4 is 4.74 Å². The van der Waals surface area contributed by atoms with Crippen molar-refractivity contribution in [2.24, 2.45) is 4.99 Å². The first-order valence-corrected chi connectivity index (χ1v) is 9.32. The van der Waals surface area contributed by atoms with Crippen LogP contribution in [0.15, 0.2) is 78.3 Å². The highest BCUT2D eigenvalue weighted by molar-refractivity contribution is 5.81. The Labute approximate surface area is 174 Å². The fourth-order valence-corrected chi connectivity index (χ4v) is 2.01. The average molecular weight is 400 g/mol. The lowest BCUT2D eigenvalue weighted by Crippen LogP contribution is -2.22. The van der Waals surface area contributed by atoms with Crippen molar-refractivity contribution in [2.75, 3.05) is 7.11 Å². The van der Waals surface area contributed by atoms with E-state index in [2.05, 4.69) is 18.3 Å². The molecule has 0 spiro atoms. The first-order chi connectivity index (χ1) is 13.6. The summed E-state index contributed by atoms with van der Waals surface area (Å²) in [6.07, 6.45) is 1.70. The van der Waals surface area contributed by atoms with Gasteiger partial charge in [0, 0.05) is 11.6 Å². The molecule has 2 aromatic carbocycles. The molecule has 0 saturated carbocycles. The van der Waals surface area contributed by atoms with Gasteiger partial charge in [0.05, 0.1) is 7.11 Å². The zero-order valence-electron chi connectivity index (χ0n) is 18.1. The second kappa shape index (κ2) is 13.3. The molecule has 2 rings (SSSR count). The average Bonchev–Trinajstić information content (AvgIpc) is 2.74. The zero-order chi connectivity index (χ0) is 22.3. The van der Waals surface area contributed by atoms with Gasteiger partial charge in [0.2, 0.25) is 0 Å². The van der Waals surface area contributed by atoms with Gasteiger partial charge >= 0.3 is 5.97 Å². The number of carbonyl (C=O) groups is 1. The summed E-state index contributed by atoms with van der Waals surface area (Å²) in [5.74, 6) is 0.537. The minimum atomic E-state index is -1.11. The van der Waals surface area contributed by atoms with E-state index in [0.29, 0.717) is 6.42 Å². The molecule has 1 atom stereocenters. The molecule has 0 amide bonds. The smallest absolute Gasteiger partial charge is 0.330 e. The molecule has 0 heterocycles. The third kappa shape index (κ3) is 11.5. The maximum atomic E-state index is 10.5. The van der Waals surface area contributed by atoms with Gasteiger partial charge in [-0.15, -0.1) is 0 Å². The molecule has 0 aromatic heterocycles. The number of nitrogens with zero attached hydrogens (tertiary/aromatic N) is 1. The molecule has 2 aromatic rings. The van der Waals surface area contributed by atoms with Crippen molar-refractivity contribution in [3.05, 3.63) is 78.9 Å². The molecular formula is C24H33NO4. The number of aliphatic imine (C=N–C) groups is 1. The Morgan fingerprint density at radius 3 is 1.83 bits per heavy atom. The van der Waals surface area contributed by atoms with Crippen molar-refractivity contribution in [2.45, 2.75) is 45.4 Å². The summed E-state index contributed by atoms with van der Waals surface area (Å²) in [5.41, 5.74) is -0.713. The molecule has 1 N–H and O–H groups in total. The predicted molar refractivity (Wildman–Crippen MR) is 119 cm³/mol. The molecule has 29 heavy (non-hydrogen) atoms. The van der Waals surface area contributed by atoms with Crippen LogP contribution in [-0.2, 0) is 15.3 Å². The Bertz CT molecular complexity index is 724. The molecular weight excluding hydrogens is 366 g/mol. The second-order valence-electron chi connectivity index (χ2n) is 6.95. The number of aliphatic hydroxyl groups is 1. The van der Waals surface area contributed by atoms with Crippen LogP contribution in [0.4, 0.5) is 0 Å². The molecule has 158 valence electrons. The van der Waals surface area contributed by atoms with Crippen LogP contribution in [0.2, 0.25) is 0 Å². The van der Waals surface area contributed by atoms with Gasteiger partial charge < -0.3 is 14.6 Å². The van der Waals surface area contributed by atoms with E-state index in [1.807, 2.05) is 88.4 Å². The van der Waals surface area contributed by atoms with Crippen molar-refractivity contribution < 1.29 is 19.4 Å². The SMILES string of the molecule is C=CC(=O)OC(C)(C)C.C=NC(O)(CC)c1ccccc1.COc1ccccc1. The van der Waals surface area contributed by atoms with Crippen LogP contribution in [0.3, 0.4) is 0 Å². The number of hydrogen-bond donors (Lipinski definition) is 1. The second-order valence-corrected chi connectivity index (χ2v) is 6.95. The van der Waals surface area contributed by atoms with E-state index in [0.717, 1.165) is 17.4 Å². The van der Waals surface area contributed by atoms with Gasteiger partial charge in [-0.3, -0.25) is 4.99 Å². The first-order valence-electron chi connectivity index (χ1n) is 9.32. The molecule has 0 fully saturated rings. The largest absolute Gasteiger partial charge is 0.497 e. The maximum Gasteiger partial charge on any atom is 0.330 e.